The van der Waals surface area contributed by atoms with Gasteiger partial charge in [-0.05, 0) is 29.0 Å². The molecule has 38 heavy (non-hydrogen) atoms. The van der Waals surface area contributed by atoms with Crippen molar-refractivity contribution in [2.45, 2.75) is 44.8 Å². The second-order valence-corrected chi connectivity index (χ2v) is 9.20. The maximum atomic E-state index is 11.1. The Morgan fingerprint density at radius 1 is 0.868 bits per heavy atom. The fourth-order valence-electron chi connectivity index (χ4n) is 4.69. The molecule has 0 radical (unpaired) electrons. The number of aromatic nitrogens is 3. The first-order valence-electron chi connectivity index (χ1n) is 12.4. The average Bonchev–Trinajstić information content (AvgIpc) is 3.43. The minimum absolute atomic E-state index is 0.390. The molecule has 0 bridgehead atoms. The summed E-state index contributed by atoms with van der Waals surface area (Å²) in [5.41, 5.74) is 2.39. The van der Waals surface area contributed by atoms with E-state index in [1.165, 1.54) is 0 Å². The van der Waals surface area contributed by atoms with E-state index in [2.05, 4.69) is 60.6 Å². The second-order valence-electron chi connectivity index (χ2n) is 8.70. The molecule has 3 aromatic carbocycles. The van der Waals surface area contributed by atoms with Crippen LogP contribution in [0.1, 0.15) is 61.7 Å². The quantitative estimate of drug-likeness (QED) is 0.0997. The van der Waals surface area contributed by atoms with Crippen LogP contribution in [-0.4, -0.2) is 24.6 Å². The lowest BCUT2D eigenvalue weighted by Crippen LogP contribution is -2.38. The van der Waals surface area contributed by atoms with E-state index in [1.54, 1.807) is 6.33 Å². The average molecular weight is 536 g/mol. The van der Waals surface area contributed by atoms with Gasteiger partial charge in [0.1, 0.15) is 11.9 Å². The van der Waals surface area contributed by atoms with Gasteiger partial charge in [-0.1, -0.05) is 118 Å². The highest BCUT2D eigenvalue weighted by atomic mass is 31.1. The summed E-state index contributed by atoms with van der Waals surface area (Å²) >= 11 is 0. The van der Waals surface area contributed by atoms with Gasteiger partial charge in [0.2, 0.25) is 0 Å². The summed E-state index contributed by atoms with van der Waals surface area (Å²) in [5, 5.41) is 7.67. The SMILES string of the molecule is CCC(CC)CC(ON=O)c1ncn(C(c2ccccc2)(c2ccccc2)c2ccccc2)n1.O=[P+](O)O. The van der Waals surface area contributed by atoms with Crippen molar-refractivity contribution in [3.05, 3.63) is 125 Å². The minimum Gasteiger partial charge on any atom is -0.352 e. The Kier molecular flexibility index (Phi) is 10.8. The monoisotopic (exact) mass is 535 g/mol. The molecule has 4 rings (SSSR count). The van der Waals surface area contributed by atoms with E-state index in [1.807, 2.05) is 59.3 Å². The Morgan fingerprint density at radius 3 is 1.66 bits per heavy atom. The number of hydrogen-bond acceptors (Lipinski definition) is 6. The summed E-state index contributed by atoms with van der Waals surface area (Å²) in [4.78, 5) is 35.2. The highest BCUT2D eigenvalue weighted by Gasteiger charge is 2.40. The molecule has 0 saturated heterocycles. The van der Waals surface area contributed by atoms with Gasteiger partial charge < -0.3 is 4.84 Å². The smallest absolute Gasteiger partial charge is 0.352 e. The topological polar surface area (TPSA) is 127 Å². The molecule has 1 unspecified atom stereocenters. The minimum atomic E-state index is -2.87. The molecule has 0 amide bonds. The van der Waals surface area contributed by atoms with Crippen LogP contribution in [0.5, 0.6) is 0 Å². The molecule has 0 aliphatic carbocycles. The van der Waals surface area contributed by atoms with E-state index in [0.717, 1.165) is 29.5 Å². The summed E-state index contributed by atoms with van der Waals surface area (Å²) in [6.45, 7) is 4.27. The Hall–Kier alpha value is -3.78. The number of benzene rings is 3. The first kappa shape index (κ1) is 28.8. The molecule has 0 aliphatic rings. The van der Waals surface area contributed by atoms with Crippen molar-refractivity contribution in [3.8, 4) is 0 Å². The molecule has 198 valence electrons. The predicted octanol–water partition coefficient (Wildman–Crippen LogP) is 6.31. The van der Waals surface area contributed by atoms with E-state index >= 15 is 0 Å². The predicted molar refractivity (Wildman–Crippen MR) is 145 cm³/mol. The van der Waals surface area contributed by atoms with Crippen LogP contribution in [0.25, 0.3) is 0 Å². The van der Waals surface area contributed by atoms with Gasteiger partial charge in [0.25, 0.3) is 0 Å². The van der Waals surface area contributed by atoms with Crippen LogP contribution in [-0.2, 0) is 14.9 Å². The van der Waals surface area contributed by atoms with Crippen LogP contribution >= 0.6 is 8.25 Å². The third kappa shape index (κ3) is 6.75. The molecule has 0 saturated carbocycles. The molecular weight excluding hydrogens is 503 g/mol. The van der Waals surface area contributed by atoms with Crippen LogP contribution in [0.4, 0.5) is 0 Å². The van der Waals surface area contributed by atoms with Gasteiger partial charge in [0, 0.05) is 4.57 Å². The normalized spacial score (nSPS) is 11.8. The zero-order valence-corrected chi connectivity index (χ0v) is 22.3. The summed E-state index contributed by atoms with van der Waals surface area (Å²) in [5.74, 6) is 0.847. The van der Waals surface area contributed by atoms with Crippen LogP contribution in [0.15, 0.2) is 103 Å². The van der Waals surface area contributed by atoms with Gasteiger partial charge in [-0.25, -0.2) is 9.67 Å². The lowest BCUT2D eigenvalue weighted by atomic mass is 9.77. The highest BCUT2D eigenvalue weighted by molar-refractivity contribution is 7.30. The molecule has 1 atom stereocenters. The van der Waals surface area contributed by atoms with Gasteiger partial charge >= 0.3 is 8.25 Å². The lowest BCUT2D eigenvalue weighted by molar-refractivity contribution is 0.0290. The Bertz CT molecular complexity index is 1170. The van der Waals surface area contributed by atoms with Crippen molar-refractivity contribution in [3.63, 3.8) is 0 Å². The molecular formula is C28H32N4O5P+. The largest absolute Gasteiger partial charge is 0.692 e. The van der Waals surface area contributed by atoms with Crippen LogP contribution < -0.4 is 0 Å². The highest BCUT2D eigenvalue weighted by Crippen LogP contribution is 2.40. The maximum absolute atomic E-state index is 11.1. The van der Waals surface area contributed by atoms with Crippen molar-refractivity contribution in [1.29, 1.82) is 0 Å². The molecule has 4 aromatic rings. The third-order valence-corrected chi connectivity index (χ3v) is 6.59. The van der Waals surface area contributed by atoms with Gasteiger partial charge in [-0.2, -0.15) is 5.10 Å². The lowest BCUT2D eigenvalue weighted by Gasteiger charge is -2.35. The van der Waals surface area contributed by atoms with Crippen molar-refractivity contribution in [1.82, 2.24) is 14.8 Å². The fraction of sp³-hybridized carbons (Fsp3) is 0.286. The van der Waals surface area contributed by atoms with E-state index in [0.29, 0.717) is 18.2 Å². The van der Waals surface area contributed by atoms with Crippen molar-refractivity contribution in [2.24, 2.45) is 11.3 Å². The standard InChI is InChI=1S/C28H30N4O2.HO3P/c1-3-22(4-2)20-26(34-31-33)27-29-21-32(30-27)28(23-14-8-5-9-15-23,24-16-10-6-11-17-24)25-18-12-7-13-19-25;1-4(2)3/h5-19,21-22,26H,3-4,20H2,1-2H3;(H-,1,2,3)/p+1. The Balaban J connectivity index is 0.000000934. The van der Waals surface area contributed by atoms with Crippen molar-refractivity contribution < 1.29 is 19.2 Å². The molecule has 1 aromatic heterocycles. The van der Waals surface area contributed by atoms with Crippen LogP contribution in [0.2, 0.25) is 0 Å². The fourth-order valence-corrected chi connectivity index (χ4v) is 4.69. The first-order chi connectivity index (χ1) is 18.5. The molecule has 10 heteroatoms. The van der Waals surface area contributed by atoms with Crippen LogP contribution in [0, 0.1) is 10.8 Å². The van der Waals surface area contributed by atoms with Crippen molar-refractivity contribution in [2.75, 3.05) is 0 Å². The number of rotatable bonds is 11. The Morgan fingerprint density at radius 2 is 1.29 bits per heavy atom. The summed E-state index contributed by atoms with van der Waals surface area (Å²) < 4.78 is 10.6. The molecule has 0 spiro atoms. The number of hydrogen-bond donors (Lipinski definition) is 2. The van der Waals surface area contributed by atoms with Gasteiger partial charge in [0.05, 0.1) is 0 Å². The Labute approximate surface area is 223 Å². The van der Waals surface area contributed by atoms with E-state index in [4.69, 9.17) is 24.3 Å². The van der Waals surface area contributed by atoms with E-state index in [9.17, 15) is 4.91 Å². The molecule has 9 nitrogen and oxygen atoms in total. The maximum Gasteiger partial charge on any atom is 0.692 e. The summed E-state index contributed by atoms with van der Waals surface area (Å²) in [6.07, 6.45) is 3.74. The molecule has 0 fully saturated rings. The molecule has 2 N–H and O–H groups in total. The third-order valence-electron chi connectivity index (χ3n) is 6.59. The molecule has 1 heterocycles. The second kappa shape index (κ2) is 14.2. The van der Waals surface area contributed by atoms with Gasteiger partial charge in [0.15, 0.2) is 17.3 Å². The zero-order chi connectivity index (χ0) is 27.4. The number of nitrogens with zero attached hydrogens (tertiary/aromatic N) is 4. The van der Waals surface area contributed by atoms with E-state index in [-0.39, 0.29) is 0 Å². The summed E-state index contributed by atoms with van der Waals surface area (Å²) in [7, 11) is -2.87. The van der Waals surface area contributed by atoms with Gasteiger partial charge in [-0.3, -0.25) is 0 Å². The van der Waals surface area contributed by atoms with E-state index < -0.39 is 19.9 Å². The van der Waals surface area contributed by atoms with Gasteiger partial charge in [-0.15, -0.1) is 14.7 Å². The first-order valence-corrected chi connectivity index (χ1v) is 13.6. The summed E-state index contributed by atoms with van der Waals surface area (Å²) in [6, 6.07) is 30.8. The van der Waals surface area contributed by atoms with Crippen molar-refractivity contribution >= 4 is 8.25 Å². The van der Waals surface area contributed by atoms with Crippen LogP contribution in [0.3, 0.4) is 0 Å². The zero-order valence-electron chi connectivity index (χ0n) is 21.4. The molecule has 0 aliphatic heterocycles.